The molecule has 0 bridgehead atoms. The second-order valence-electron chi connectivity index (χ2n) is 6.80. The Hall–Kier alpha value is -2.69. The van der Waals surface area contributed by atoms with Gasteiger partial charge < -0.3 is 10.3 Å². The third-order valence-corrected chi connectivity index (χ3v) is 4.05. The average Bonchev–Trinajstić information content (AvgIpc) is 3.02. The molecule has 1 aromatic heterocycles. The summed E-state index contributed by atoms with van der Waals surface area (Å²) in [4.78, 5) is 4.01. The molecule has 0 aliphatic carbocycles. The molecule has 0 saturated carbocycles. The van der Waals surface area contributed by atoms with Gasteiger partial charge in [-0.05, 0) is 47.2 Å². The van der Waals surface area contributed by atoms with Crippen LogP contribution >= 0.6 is 0 Å². The number of anilines is 1. The number of aromatic nitrogens is 2. The van der Waals surface area contributed by atoms with Gasteiger partial charge >= 0.3 is 0 Å². The zero-order valence-corrected chi connectivity index (χ0v) is 16.0. The molecule has 2 N–H and O–H groups in total. The van der Waals surface area contributed by atoms with Crippen molar-refractivity contribution in [2.75, 3.05) is 5.73 Å². The van der Waals surface area contributed by atoms with Gasteiger partial charge in [-0.2, -0.15) is 4.98 Å². The molecule has 3 aromatic rings. The maximum atomic E-state index is 12.5. The number of nitrogen functional groups attached to an aromatic ring is 1. The van der Waals surface area contributed by atoms with Gasteiger partial charge in [-0.3, -0.25) is 0 Å². The van der Waals surface area contributed by atoms with E-state index in [4.69, 9.17) is 10.3 Å². The highest BCUT2D eigenvalue weighted by atomic mass is 19.1. The first-order chi connectivity index (χ1) is 12.3. The Kier molecular flexibility index (Phi) is 6.50. The second-order valence-corrected chi connectivity index (χ2v) is 6.80. The number of rotatable bonds is 3. The Balaban J connectivity index is 0.000000187. The molecular weight excluding hydrogens is 329 g/mol. The van der Waals surface area contributed by atoms with Gasteiger partial charge in [-0.25, -0.2) is 4.39 Å². The number of aryl methyl sites for hydroxylation is 1. The van der Waals surface area contributed by atoms with Gasteiger partial charge in [0.2, 0.25) is 11.7 Å². The Bertz CT molecular complexity index is 812. The van der Waals surface area contributed by atoms with Crippen LogP contribution in [0.1, 0.15) is 56.5 Å². The van der Waals surface area contributed by atoms with Crippen LogP contribution in [0.2, 0.25) is 0 Å². The van der Waals surface area contributed by atoms with E-state index in [2.05, 4.69) is 56.0 Å². The van der Waals surface area contributed by atoms with Crippen LogP contribution in [0.15, 0.2) is 47.0 Å². The fourth-order valence-corrected chi connectivity index (χ4v) is 2.62. The standard InChI is InChI=1S/C12H19N.C9H7FN2O/c1-8(2)10-6-5-7-11(9(3)4)12(10)13;1-6-11-9(12-13-6)7-2-4-8(10)5-3-7/h5-9H,13H2,1-4H3;2-5H,1H3. The predicted molar refractivity (Wildman–Crippen MR) is 103 cm³/mol. The molecule has 0 radical (unpaired) electrons. The van der Waals surface area contributed by atoms with E-state index in [9.17, 15) is 4.39 Å². The molecule has 0 aliphatic heterocycles. The maximum Gasteiger partial charge on any atom is 0.223 e. The van der Waals surface area contributed by atoms with Crippen molar-refractivity contribution >= 4 is 5.69 Å². The van der Waals surface area contributed by atoms with Gasteiger partial charge in [0.15, 0.2) is 0 Å². The van der Waals surface area contributed by atoms with Gasteiger partial charge in [0.1, 0.15) is 5.82 Å². The van der Waals surface area contributed by atoms with E-state index >= 15 is 0 Å². The van der Waals surface area contributed by atoms with E-state index in [1.165, 1.54) is 23.3 Å². The number of nitrogens with two attached hydrogens (primary N) is 1. The normalized spacial score (nSPS) is 10.8. The van der Waals surface area contributed by atoms with E-state index in [1.807, 2.05) is 0 Å². The molecule has 0 fully saturated rings. The minimum atomic E-state index is -0.274. The number of hydrogen-bond donors (Lipinski definition) is 1. The smallest absolute Gasteiger partial charge is 0.223 e. The van der Waals surface area contributed by atoms with Crippen LogP contribution in [0.4, 0.5) is 10.1 Å². The van der Waals surface area contributed by atoms with E-state index in [-0.39, 0.29) is 5.82 Å². The number of nitrogens with zero attached hydrogens (tertiary/aromatic N) is 2. The monoisotopic (exact) mass is 355 g/mol. The van der Waals surface area contributed by atoms with Crippen LogP contribution < -0.4 is 5.73 Å². The third kappa shape index (κ3) is 4.91. The van der Waals surface area contributed by atoms with Gasteiger partial charge in [-0.1, -0.05) is 51.1 Å². The summed E-state index contributed by atoms with van der Waals surface area (Å²) in [5.41, 5.74) is 10.4. The van der Waals surface area contributed by atoms with Gasteiger partial charge in [0.25, 0.3) is 0 Å². The van der Waals surface area contributed by atoms with Crippen molar-refractivity contribution in [3.63, 3.8) is 0 Å². The SMILES string of the molecule is CC(C)c1cccc(C(C)C)c1N.Cc1nc(-c2ccc(F)cc2)no1. The summed E-state index contributed by atoms with van der Waals surface area (Å²) in [7, 11) is 0. The van der Waals surface area contributed by atoms with Gasteiger partial charge in [0, 0.05) is 18.2 Å². The van der Waals surface area contributed by atoms with Crippen LogP contribution in [0.5, 0.6) is 0 Å². The van der Waals surface area contributed by atoms with Crippen LogP contribution in [0.25, 0.3) is 11.4 Å². The first-order valence-electron chi connectivity index (χ1n) is 8.74. The molecule has 26 heavy (non-hydrogen) atoms. The molecule has 4 nitrogen and oxygen atoms in total. The summed E-state index contributed by atoms with van der Waals surface area (Å²) in [5.74, 6) is 1.73. The average molecular weight is 355 g/mol. The number of halogens is 1. The maximum absolute atomic E-state index is 12.5. The molecule has 1 heterocycles. The molecule has 0 saturated heterocycles. The molecule has 2 aromatic carbocycles. The molecule has 3 rings (SSSR count). The van der Waals surface area contributed by atoms with Crippen molar-refractivity contribution in [3.05, 3.63) is 65.3 Å². The third-order valence-electron chi connectivity index (χ3n) is 4.05. The lowest BCUT2D eigenvalue weighted by atomic mass is 9.93. The molecule has 138 valence electrons. The highest BCUT2D eigenvalue weighted by molar-refractivity contribution is 5.56. The Morgan fingerprint density at radius 3 is 1.88 bits per heavy atom. The summed E-state index contributed by atoms with van der Waals surface area (Å²) in [6.45, 7) is 10.4. The first-order valence-corrected chi connectivity index (χ1v) is 8.74. The van der Waals surface area contributed by atoms with Crippen molar-refractivity contribution in [1.82, 2.24) is 10.1 Å². The molecule has 0 unspecified atom stereocenters. The van der Waals surface area contributed by atoms with E-state index in [0.29, 0.717) is 23.6 Å². The number of hydrogen-bond acceptors (Lipinski definition) is 4. The highest BCUT2D eigenvalue weighted by Crippen LogP contribution is 2.29. The molecule has 0 atom stereocenters. The molecule has 0 amide bonds. The van der Waals surface area contributed by atoms with E-state index in [0.717, 1.165) is 11.3 Å². The lowest BCUT2D eigenvalue weighted by Gasteiger charge is -2.15. The topological polar surface area (TPSA) is 64.9 Å². The minimum absolute atomic E-state index is 0.274. The van der Waals surface area contributed by atoms with Crippen LogP contribution in [-0.2, 0) is 0 Å². The van der Waals surface area contributed by atoms with Crippen molar-refractivity contribution in [2.24, 2.45) is 0 Å². The van der Waals surface area contributed by atoms with E-state index < -0.39 is 0 Å². The Morgan fingerprint density at radius 1 is 0.923 bits per heavy atom. The lowest BCUT2D eigenvalue weighted by molar-refractivity contribution is 0.394. The quantitative estimate of drug-likeness (QED) is 0.612. The zero-order chi connectivity index (χ0) is 19.3. The first kappa shape index (κ1) is 19.6. The minimum Gasteiger partial charge on any atom is -0.398 e. The number of benzene rings is 2. The molecule has 0 spiro atoms. The highest BCUT2D eigenvalue weighted by Gasteiger charge is 2.09. The fourth-order valence-electron chi connectivity index (χ4n) is 2.62. The summed E-state index contributed by atoms with van der Waals surface area (Å²) < 4.78 is 17.3. The largest absolute Gasteiger partial charge is 0.398 e. The van der Waals surface area contributed by atoms with Crippen LogP contribution in [0, 0.1) is 12.7 Å². The van der Waals surface area contributed by atoms with Crippen molar-refractivity contribution in [3.8, 4) is 11.4 Å². The predicted octanol–water partition coefficient (Wildman–Crippen LogP) is 5.70. The summed E-state index contributed by atoms with van der Waals surface area (Å²) in [5, 5.41) is 3.71. The lowest BCUT2D eigenvalue weighted by Crippen LogP contribution is -2.02. The van der Waals surface area contributed by atoms with Crippen molar-refractivity contribution in [2.45, 2.75) is 46.5 Å². The van der Waals surface area contributed by atoms with Crippen LogP contribution in [-0.4, -0.2) is 10.1 Å². The summed E-state index contributed by atoms with van der Waals surface area (Å²) in [6.07, 6.45) is 0. The second kappa shape index (κ2) is 8.61. The Morgan fingerprint density at radius 2 is 1.46 bits per heavy atom. The summed E-state index contributed by atoms with van der Waals surface area (Å²) in [6, 6.07) is 12.3. The van der Waals surface area contributed by atoms with E-state index in [1.54, 1.807) is 19.1 Å². The van der Waals surface area contributed by atoms with Gasteiger partial charge in [-0.15, -0.1) is 0 Å². The zero-order valence-electron chi connectivity index (χ0n) is 16.0. The van der Waals surface area contributed by atoms with Crippen molar-refractivity contribution in [1.29, 1.82) is 0 Å². The summed E-state index contributed by atoms with van der Waals surface area (Å²) >= 11 is 0. The number of para-hydroxylation sites is 1. The van der Waals surface area contributed by atoms with Crippen LogP contribution in [0.3, 0.4) is 0 Å². The Labute approximate surface area is 154 Å². The van der Waals surface area contributed by atoms with Gasteiger partial charge in [0.05, 0.1) is 0 Å². The van der Waals surface area contributed by atoms with Crippen molar-refractivity contribution < 1.29 is 8.91 Å². The molecule has 5 heteroatoms. The fraction of sp³-hybridized carbons (Fsp3) is 0.333. The molecular formula is C21H26FN3O. The molecule has 0 aliphatic rings.